The molecule has 1 heterocycles. The standard InChI is InChI=1S/C5H3Cl2NO3S/c6-3-1-4(9)8-5(2-3)12(7,10)11/h1-2H,(H,8,9). The third-order valence-electron chi connectivity index (χ3n) is 1.05. The van der Waals surface area contributed by atoms with Crippen LogP contribution < -0.4 is 5.56 Å². The number of hydrogen-bond acceptors (Lipinski definition) is 3. The van der Waals surface area contributed by atoms with Gasteiger partial charge in [0.1, 0.15) is 0 Å². The molecule has 1 aromatic rings. The van der Waals surface area contributed by atoms with Crippen LogP contribution in [0.15, 0.2) is 22.0 Å². The van der Waals surface area contributed by atoms with E-state index in [1.54, 1.807) is 0 Å². The van der Waals surface area contributed by atoms with Crippen LogP contribution in [0, 0.1) is 0 Å². The van der Waals surface area contributed by atoms with Gasteiger partial charge in [0.15, 0.2) is 5.03 Å². The van der Waals surface area contributed by atoms with Gasteiger partial charge in [0.2, 0.25) is 5.56 Å². The van der Waals surface area contributed by atoms with Gasteiger partial charge in [-0.3, -0.25) is 4.79 Å². The molecule has 0 bridgehead atoms. The lowest BCUT2D eigenvalue weighted by molar-refractivity contribution is 0.606. The molecule has 1 aromatic heterocycles. The molecule has 0 aliphatic carbocycles. The first-order valence-electron chi connectivity index (χ1n) is 2.74. The van der Waals surface area contributed by atoms with Gasteiger partial charge < -0.3 is 4.98 Å². The molecule has 0 saturated heterocycles. The van der Waals surface area contributed by atoms with E-state index >= 15 is 0 Å². The Morgan fingerprint density at radius 1 is 1.33 bits per heavy atom. The second-order valence-corrected chi connectivity index (χ2v) is 4.94. The van der Waals surface area contributed by atoms with E-state index in [-0.39, 0.29) is 5.02 Å². The van der Waals surface area contributed by atoms with Crippen molar-refractivity contribution in [2.24, 2.45) is 0 Å². The van der Waals surface area contributed by atoms with Crippen molar-refractivity contribution in [1.29, 1.82) is 0 Å². The molecule has 1 rings (SSSR count). The number of halogens is 2. The average Bonchev–Trinajstić information content (AvgIpc) is 1.82. The summed E-state index contributed by atoms with van der Waals surface area (Å²) in [6.45, 7) is 0. The van der Waals surface area contributed by atoms with Crippen LogP contribution in [-0.2, 0) is 9.05 Å². The van der Waals surface area contributed by atoms with Crippen molar-refractivity contribution in [2.75, 3.05) is 0 Å². The van der Waals surface area contributed by atoms with Crippen LogP contribution in [-0.4, -0.2) is 13.4 Å². The Balaban J connectivity index is 3.48. The molecule has 0 aromatic carbocycles. The van der Waals surface area contributed by atoms with Crippen LogP contribution in [0.5, 0.6) is 0 Å². The molecule has 0 amide bonds. The van der Waals surface area contributed by atoms with Gasteiger partial charge in [-0.25, -0.2) is 8.42 Å². The fourth-order valence-electron chi connectivity index (χ4n) is 0.617. The van der Waals surface area contributed by atoms with Crippen LogP contribution in [0.1, 0.15) is 0 Å². The van der Waals surface area contributed by atoms with Crippen molar-refractivity contribution >= 4 is 31.3 Å². The van der Waals surface area contributed by atoms with E-state index in [9.17, 15) is 13.2 Å². The third kappa shape index (κ3) is 2.23. The molecule has 0 aliphatic heterocycles. The van der Waals surface area contributed by atoms with E-state index in [0.29, 0.717) is 0 Å². The van der Waals surface area contributed by atoms with E-state index in [1.807, 2.05) is 4.98 Å². The van der Waals surface area contributed by atoms with Gasteiger partial charge in [-0.15, -0.1) is 0 Å². The van der Waals surface area contributed by atoms with Crippen LogP contribution in [0.3, 0.4) is 0 Å². The lowest BCUT2D eigenvalue weighted by atomic mass is 10.5. The van der Waals surface area contributed by atoms with E-state index in [1.165, 1.54) is 0 Å². The van der Waals surface area contributed by atoms with Gasteiger partial charge in [-0.05, 0) is 6.07 Å². The minimum atomic E-state index is -3.92. The van der Waals surface area contributed by atoms with Gasteiger partial charge in [0, 0.05) is 21.8 Å². The molecule has 0 atom stereocenters. The zero-order chi connectivity index (χ0) is 9.35. The maximum Gasteiger partial charge on any atom is 0.276 e. The Morgan fingerprint density at radius 3 is 2.33 bits per heavy atom. The van der Waals surface area contributed by atoms with Crippen molar-refractivity contribution in [3.05, 3.63) is 27.5 Å². The molecule has 0 aliphatic rings. The van der Waals surface area contributed by atoms with Crippen LogP contribution in [0.25, 0.3) is 0 Å². The molecule has 12 heavy (non-hydrogen) atoms. The molecular weight excluding hydrogens is 225 g/mol. The second kappa shape index (κ2) is 3.08. The number of rotatable bonds is 1. The predicted molar refractivity (Wildman–Crippen MR) is 45.1 cm³/mol. The summed E-state index contributed by atoms with van der Waals surface area (Å²) in [5.41, 5.74) is -0.610. The van der Waals surface area contributed by atoms with Gasteiger partial charge in [-0.2, -0.15) is 0 Å². The Kier molecular flexibility index (Phi) is 2.46. The molecule has 4 nitrogen and oxygen atoms in total. The summed E-state index contributed by atoms with van der Waals surface area (Å²) in [5.74, 6) is 0. The molecular formula is C5H3Cl2NO3S. The predicted octanol–water partition coefficient (Wildman–Crippen LogP) is 0.956. The lowest BCUT2D eigenvalue weighted by Crippen LogP contribution is -2.08. The largest absolute Gasteiger partial charge is 0.312 e. The monoisotopic (exact) mass is 227 g/mol. The maximum atomic E-state index is 10.7. The second-order valence-electron chi connectivity index (χ2n) is 1.96. The number of aromatic nitrogens is 1. The van der Waals surface area contributed by atoms with Crippen LogP contribution in [0.2, 0.25) is 5.02 Å². The van der Waals surface area contributed by atoms with Gasteiger partial charge in [-0.1, -0.05) is 11.6 Å². The highest BCUT2D eigenvalue weighted by Crippen LogP contribution is 2.13. The highest BCUT2D eigenvalue weighted by molar-refractivity contribution is 8.13. The first-order chi connectivity index (χ1) is 5.39. The molecule has 0 radical (unpaired) electrons. The normalized spacial score (nSPS) is 11.5. The van der Waals surface area contributed by atoms with Crippen molar-refractivity contribution in [3.8, 4) is 0 Å². The van der Waals surface area contributed by atoms with Gasteiger partial charge in [0.05, 0.1) is 0 Å². The quantitative estimate of drug-likeness (QED) is 0.727. The zero-order valence-corrected chi connectivity index (χ0v) is 7.87. The van der Waals surface area contributed by atoms with Crippen LogP contribution >= 0.6 is 22.3 Å². The molecule has 0 fully saturated rings. The van der Waals surface area contributed by atoms with Crippen LogP contribution in [0.4, 0.5) is 0 Å². The minimum absolute atomic E-state index is 0.0259. The number of aromatic amines is 1. The average molecular weight is 228 g/mol. The van der Waals surface area contributed by atoms with Crippen molar-refractivity contribution in [2.45, 2.75) is 5.03 Å². The topological polar surface area (TPSA) is 67.0 Å². The third-order valence-corrected chi connectivity index (χ3v) is 2.51. The van der Waals surface area contributed by atoms with E-state index in [4.69, 9.17) is 22.3 Å². The van der Waals surface area contributed by atoms with Gasteiger partial charge >= 0.3 is 0 Å². The number of pyridine rings is 1. The Morgan fingerprint density at radius 2 is 1.92 bits per heavy atom. The summed E-state index contributed by atoms with van der Waals surface area (Å²) in [7, 11) is 1.03. The maximum absolute atomic E-state index is 10.7. The molecule has 1 N–H and O–H groups in total. The molecule has 7 heteroatoms. The van der Waals surface area contributed by atoms with Crippen molar-refractivity contribution in [1.82, 2.24) is 4.98 Å². The van der Waals surface area contributed by atoms with E-state index < -0.39 is 19.6 Å². The smallest absolute Gasteiger partial charge is 0.276 e. The molecule has 0 unspecified atom stereocenters. The first kappa shape index (κ1) is 9.57. The minimum Gasteiger partial charge on any atom is -0.312 e. The zero-order valence-electron chi connectivity index (χ0n) is 5.54. The summed E-state index contributed by atoms with van der Waals surface area (Å²) < 4.78 is 21.3. The summed E-state index contributed by atoms with van der Waals surface area (Å²) in [6, 6.07) is 2.11. The fraction of sp³-hybridized carbons (Fsp3) is 0. The molecule has 0 spiro atoms. The lowest BCUT2D eigenvalue weighted by Gasteiger charge is -1.94. The van der Waals surface area contributed by atoms with E-state index in [2.05, 4.69) is 0 Å². The Hall–Kier alpha value is -0.520. The molecule has 0 saturated carbocycles. The summed E-state index contributed by atoms with van der Waals surface area (Å²) in [6.07, 6.45) is 0. The molecule has 66 valence electrons. The number of hydrogen-bond donors (Lipinski definition) is 1. The highest BCUT2D eigenvalue weighted by Gasteiger charge is 2.11. The SMILES string of the molecule is O=c1cc(Cl)cc(S(=O)(=O)Cl)[nH]1. The highest BCUT2D eigenvalue weighted by atomic mass is 35.7. The Labute approximate surface area is 77.5 Å². The van der Waals surface area contributed by atoms with Crippen molar-refractivity contribution < 1.29 is 8.42 Å². The first-order valence-corrected chi connectivity index (χ1v) is 5.43. The number of nitrogens with one attached hydrogen (secondary N) is 1. The van der Waals surface area contributed by atoms with Gasteiger partial charge in [0.25, 0.3) is 9.05 Å². The summed E-state index contributed by atoms with van der Waals surface area (Å²) in [5, 5.41) is -0.375. The summed E-state index contributed by atoms with van der Waals surface area (Å²) in [4.78, 5) is 12.7. The number of H-pyrrole nitrogens is 1. The Bertz CT molecular complexity index is 450. The fourth-order valence-corrected chi connectivity index (χ4v) is 1.63. The van der Waals surface area contributed by atoms with E-state index in [0.717, 1.165) is 12.1 Å². The van der Waals surface area contributed by atoms with Crippen molar-refractivity contribution in [3.63, 3.8) is 0 Å². The summed E-state index contributed by atoms with van der Waals surface area (Å²) >= 11 is 5.41.